The van der Waals surface area contributed by atoms with Crippen molar-refractivity contribution < 1.29 is 0 Å². The second-order valence-electron chi connectivity index (χ2n) is 11.5. The van der Waals surface area contributed by atoms with Crippen molar-refractivity contribution in [3.63, 3.8) is 0 Å². The summed E-state index contributed by atoms with van der Waals surface area (Å²) in [7, 11) is -1.83. The number of thiophene rings is 1. The van der Waals surface area contributed by atoms with E-state index in [0.29, 0.717) is 0 Å². The van der Waals surface area contributed by atoms with Gasteiger partial charge in [0.05, 0.1) is 0 Å². The Balaban J connectivity index is 1.27. The summed E-state index contributed by atoms with van der Waals surface area (Å²) in [6, 6.07) is 43.6. The first-order valence-corrected chi connectivity index (χ1v) is 17.9. The Morgan fingerprint density at radius 1 is 0.571 bits per heavy atom. The van der Waals surface area contributed by atoms with Crippen molar-refractivity contribution in [2.24, 2.45) is 0 Å². The van der Waals surface area contributed by atoms with Gasteiger partial charge in [0.2, 0.25) is 0 Å². The molecule has 2 nitrogen and oxygen atoms in total. The molecular formula is C38H24N2SSi. The normalized spacial score (nSPS) is 13.6. The molecule has 2 heterocycles. The molecule has 1 aromatic heterocycles. The van der Waals surface area contributed by atoms with Crippen molar-refractivity contribution in [2.75, 3.05) is 0 Å². The smallest absolute Gasteiger partial charge is 0.138 e. The molecule has 0 radical (unpaired) electrons. The first kappa shape index (κ1) is 24.8. The van der Waals surface area contributed by atoms with Crippen molar-refractivity contribution >= 4 is 46.1 Å². The van der Waals surface area contributed by atoms with E-state index >= 15 is 0 Å². The molecule has 0 unspecified atom stereocenters. The van der Waals surface area contributed by atoms with Crippen LogP contribution in [0.3, 0.4) is 0 Å². The van der Waals surface area contributed by atoms with E-state index in [1.165, 1.54) is 47.6 Å². The molecule has 1 aliphatic carbocycles. The van der Waals surface area contributed by atoms with Crippen molar-refractivity contribution in [1.82, 2.24) is 0 Å². The van der Waals surface area contributed by atoms with Gasteiger partial charge in [-0.3, -0.25) is 0 Å². The Kier molecular flexibility index (Phi) is 5.31. The molecule has 0 N–H and O–H groups in total. The van der Waals surface area contributed by atoms with E-state index in [0.717, 1.165) is 33.4 Å². The first-order valence-electron chi connectivity index (χ1n) is 14.1. The number of hydrogen-bond donors (Lipinski definition) is 0. The fourth-order valence-corrected chi connectivity index (χ4v) is 11.2. The zero-order chi connectivity index (χ0) is 28.6. The highest BCUT2D eigenvalue weighted by molar-refractivity contribution is 7.19. The summed E-state index contributed by atoms with van der Waals surface area (Å²) >= 11 is 1.81. The Morgan fingerprint density at radius 3 is 2.02 bits per heavy atom. The van der Waals surface area contributed by atoms with Crippen LogP contribution in [-0.2, 0) is 0 Å². The van der Waals surface area contributed by atoms with E-state index in [1.54, 1.807) is 0 Å². The first-order chi connectivity index (χ1) is 20.5. The minimum Gasteiger partial charge on any atom is -0.192 e. The van der Waals surface area contributed by atoms with Crippen molar-refractivity contribution in [1.29, 1.82) is 10.5 Å². The minimum atomic E-state index is -1.83. The maximum Gasteiger partial charge on any atom is 0.138 e. The Labute approximate surface area is 250 Å². The van der Waals surface area contributed by atoms with Crippen LogP contribution in [0.5, 0.6) is 0 Å². The quantitative estimate of drug-likeness (QED) is 0.154. The summed E-state index contributed by atoms with van der Waals surface area (Å²) in [6.45, 7) is 4.95. The zero-order valence-corrected chi connectivity index (χ0v) is 25.0. The van der Waals surface area contributed by atoms with E-state index < -0.39 is 8.07 Å². The van der Waals surface area contributed by atoms with Crippen molar-refractivity contribution in [3.8, 4) is 55.3 Å². The van der Waals surface area contributed by atoms with Crippen LogP contribution >= 0.6 is 11.3 Å². The zero-order valence-electron chi connectivity index (χ0n) is 23.2. The molecule has 5 aromatic carbocycles. The second kappa shape index (κ2) is 9.00. The molecule has 0 atom stereocenters. The average Bonchev–Trinajstić information content (AvgIpc) is 3.64. The van der Waals surface area contributed by atoms with Crippen LogP contribution in [0.1, 0.15) is 11.1 Å². The van der Waals surface area contributed by atoms with E-state index in [2.05, 4.69) is 116 Å². The van der Waals surface area contributed by atoms with Gasteiger partial charge < -0.3 is 0 Å². The van der Waals surface area contributed by atoms with E-state index in [4.69, 9.17) is 0 Å². The van der Waals surface area contributed by atoms with Crippen LogP contribution in [0, 0.1) is 22.7 Å². The molecule has 8 rings (SSSR count). The number of nitrogens with zero attached hydrogens (tertiary/aromatic N) is 2. The van der Waals surface area contributed by atoms with Crippen LogP contribution in [0.25, 0.3) is 59.5 Å². The highest BCUT2D eigenvalue weighted by Gasteiger charge is 2.35. The molecule has 4 heteroatoms. The molecule has 1 aliphatic heterocycles. The van der Waals surface area contributed by atoms with Gasteiger partial charge in [0.25, 0.3) is 0 Å². The lowest BCUT2D eigenvalue weighted by Gasteiger charge is -2.33. The molecule has 6 aromatic rings. The van der Waals surface area contributed by atoms with Crippen LogP contribution in [0.2, 0.25) is 13.1 Å². The topological polar surface area (TPSA) is 47.6 Å². The molecule has 42 heavy (non-hydrogen) atoms. The average molecular weight is 569 g/mol. The Morgan fingerprint density at radius 2 is 1.21 bits per heavy atom. The van der Waals surface area contributed by atoms with E-state index in [9.17, 15) is 10.5 Å². The number of benzene rings is 5. The van der Waals surface area contributed by atoms with Crippen LogP contribution in [0.4, 0.5) is 0 Å². The number of rotatable bonds is 2. The molecule has 0 amide bonds. The maximum atomic E-state index is 9.66. The standard InChI is InChI=1S/C38H24N2SSi/c1-42(2)35-12-6-5-9-27(35)30-17-16-26(29-11-7-13-36(42)38(29)30)34-19-18-33(41-34)23-14-15-31-32(20-23)25-8-3-4-10-28(25)37(31)24(21-39)22-40/h3-20H,1-2H3. The highest BCUT2D eigenvalue weighted by atomic mass is 32.1. The predicted octanol–water partition coefficient (Wildman–Crippen LogP) is 8.87. The fraction of sp³-hybridized carbons (Fsp3) is 0.0526. The summed E-state index contributed by atoms with van der Waals surface area (Å²) in [6.07, 6.45) is 0. The molecular weight excluding hydrogens is 545 g/mol. The molecule has 0 spiro atoms. The molecule has 196 valence electrons. The molecule has 0 bridgehead atoms. The monoisotopic (exact) mass is 568 g/mol. The van der Waals surface area contributed by atoms with Gasteiger partial charge in [0, 0.05) is 15.3 Å². The third-order valence-electron chi connectivity index (χ3n) is 9.01. The van der Waals surface area contributed by atoms with Crippen LogP contribution < -0.4 is 10.4 Å². The molecule has 0 saturated heterocycles. The maximum absolute atomic E-state index is 9.66. The summed E-state index contributed by atoms with van der Waals surface area (Å²) in [5.74, 6) is 0. The predicted molar refractivity (Wildman–Crippen MR) is 178 cm³/mol. The van der Waals surface area contributed by atoms with Crippen molar-refractivity contribution in [2.45, 2.75) is 13.1 Å². The third-order valence-corrected chi connectivity index (χ3v) is 13.7. The van der Waals surface area contributed by atoms with Crippen LogP contribution in [-0.4, -0.2) is 8.07 Å². The largest absolute Gasteiger partial charge is 0.192 e. The molecule has 0 saturated carbocycles. The number of hydrogen-bond acceptors (Lipinski definition) is 3. The van der Waals surface area contributed by atoms with Gasteiger partial charge in [-0.15, -0.1) is 11.3 Å². The number of fused-ring (bicyclic) bond motifs is 5. The van der Waals surface area contributed by atoms with Gasteiger partial charge in [-0.2, -0.15) is 10.5 Å². The summed E-state index contributed by atoms with van der Waals surface area (Å²) in [5, 5.41) is 25.1. The lowest BCUT2D eigenvalue weighted by Crippen LogP contribution is -2.55. The van der Waals surface area contributed by atoms with Gasteiger partial charge in [-0.05, 0) is 83.9 Å². The lowest BCUT2D eigenvalue weighted by atomic mass is 9.94. The molecule has 2 aliphatic rings. The lowest BCUT2D eigenvalue weighted by molar-refractivity contribution is 1.46. The van der Waals surface area contributed by atoms with E-state index in [1.807, 2.05) is 29.5 Å². The molecule has 0 fully saturated rings. The summed E-state index contributed by atoms with van der Waals surface area (Å²) in [5.41, 5.74) is 10.1. The second-order valence-corrected chi connectivity index (χ2v) is 16.9. The minimum absolute atomic E-state index is 0.157. The number of allylic oxidation sites excluding steroid dienone is 1. The SMILES string of the molecule is C[Si]1(C)c2ccccc2-c2ccc(-c3ccc(-c4ccc5c(c4)-c4ccccc4C5=C(C#N)C#N)s3)c3cccc1c23. The van der Waals surface area contributed by atoms with Gasteiger partial charge in [0.1, 0.15) is 25.8 Å². The van der Waals surface area contributed by atoms with Gasteiger partial charge in [0.15, 0.2) is 0 Å². The Bertz CT molecular complexity index is 2240. The fourth-order valence-electron chi connectivity index (χ4n) is 7.04. The Hall–Kier alpha value is -5.00. The summed E-state index contributed by atoms with van der Waals surface area (Å²) in [4.78, 5) is 2.45. The third kappa shape index (κ3) is 3.34. The highest BCUT2D eigenvalue weighted by Crippen LogP contribution is 2.48. The van der Waals surface area contributed by atoms with Gasteiger partial charge >= 0.3 is 0 Å². The van der Waals surface area contributed by atoms with Gasteiger partial charge in [-0.1, -0.05) is 104 Å². The number of nitriles is 2. The van der Waals surface area contributed by atoms with Gasteiger partial charge in [-0.25, -0.2) is 0 Å². The summed E-state index contributed by atoms with van der Waals surface area (Å²) < 4.78 is 0. The van der Waals surface area contributed by atoms with E-state index in [-0.39, 0.29) is 5.57 Å². The van der Waals surface area contributed by atoms with Crippen LogP contribution in [0.15, 0.2) is 115 Å². The van der Waals surface area contributed by atoms with Crippen molar-refractivity contribution in [3.05, 3.63) is 126 Å².